The summed E-state index contributed by atoms with van der Waals surface area (Å²) in [5, 5.41) is 2.97. The van der Waals surface area contributed by atoms with Crippen LogP contribution in [0.15, 0.2) is 18.2 Å². The van der Waals surface area contributed by atoms with Crippen molar-refractivity contribution in [1.29, 1.82) is 0 Å². The highest BCUT2D eigenvalue weighted by atomic mass is 16.1. The van der Waals surface area contributed by atoms with Gasteiger partial charge in [0.05, 0.1) is 22.4 Å². The molecular formula is C22H25N5O. The van der Waals surface area contributed by atoms with Gasteiger partial charge in [-0.25, -0.2) is 19.9 Å². The van der Waals surface area contributed by atoms with Crippen LogP contribution in [0.1, 0.15) is 57.4 Å². The number of nitrogens with one attached hydrogen (secondary N) is 1. The van der Waals surface area contributed by atoms with Crippen LogP contribution in [0.2, 0.25) is 0 Å². The SMILES string of the molecule is Cc1nc2ccc(C(=O)NCCc3nc(C)c4c(n3)CCCC4)cc2nc1C. The molecule has 1 aliphatic carbocycles. The first-order chi connectivity index (χ1) is 13.5. The molecular weight excluding hydrogens is 350 g/mol. The molecule has 28 heavy (non-hydrogen) atoms. The number of hydrogen-bond donors (Lipinski definition) is 1. The summed E-state index contributed by atoms with van der Waals surface area (Å²) in [7, 11) is 0. The van der Waals surface area contributed by atoms with Crippen LogP contribution in [-0.2, 0) is 19.3 Å². The highest BCUT2D eigenvalue weighted by Crippen LogP contribution is 2.21. The topological polar surface area (TPSA) is 80.7 Å². The smallest absolute Gasteiger partial charge is 0.251 e. The Kier molecular flexibility index (Phi) is 5.03. The number of amides is 1. The Hall–Kier alpha value is -2.89. The van der Waals surface area contributed by atoms with Gasteiger partial charge in [0.25, 0.3) is 5.91 Å². The fourth-order valence-electron chi connectivity index (χ4n) is 3.72. The molecule has 0 unspecified atom stereocenters. The van der Waals surface area contributed by atoms with Gasteiger partial charge in [-0.3, -0.25) is 4.79 Å². The molecule has 144 valence electrons. The van der Waals surface area contributed by atoms with Crippen molar-refractivity contribution in [1.82, 2.24) is 25.3 Å². The van der Waals surface area contributed by atoms with Crippen LogP contribution in [0, 0.1) is 20.8 Å². The van der Waals surface area contributed by atoms with Crippen molar-refractivity contribution < 1.29 is 4.79 Å². The fourth-order valence-corrected chi connectivity index (χ4v) is 3.72. The van der Waals surface area contributed by atoms with E-state index >= 15 is 0 Å². The van der Waals surface area contributed by atoms with Crippen molar-refractivity contribution in [2.45, 2.75) is 52.9 Å². The summed E-state index contributed by atoms with van der Waals surface area (Å²) < 4.78 is 0. The number of carbonyl (C=O) groups is 1. The summed E-state index contributed by atoms with van der Waals surface area (Å²) in [5.41, 5.74) is 7.52. The molecule has 6 nitrogen and oxygen atoms in total. The maximum Gasteiger partial charge on any atom is 0.251 e. The van der Waals surface area contributed by atoms with Crippen LogP contribution in [-0.4, -0.2) is 32.4 Å². The quantitative estimate of drug-likeness (QED) is 0.757. The molecule has 0 radical (unpaired) electrons. The minimum atomic E-state index is -0.114. The van der Waals surface area contributed by atoms with Gasteiger partial charge in [-0.05, 0) is 70.2 Å². The van der Waals surface area contributed by atoms with Crippen molar-refractivity contribution in [3.8, 4) is 0 Å². The molecule has 0 bridgehead atoms. The summed E-state index contributed by atoms with van der Waals surface area (Å²) in [4.78, 5) is 30.9. The van der Waals surface area contributed by atoms with Crippen LogP contribution >= 0.6 is 0 Å². The maximum atomic E-state index is 12.5. The molecule has 4 rings (SSSR count). The van der Waals surface area contributed by atoms with Gasteiger partial charge in [0.15, 0.2) is 0 Å². The zero-order chi connectivity index (χ0) is 19.7. The number of rotatable bonds is 4. The Morgan fingerprint density at radius 3 is 2.50 bits per heavy atom. The molecule has 2 aromatic heterocycles. The lowest BCUT2D eigenvalue weighted by molar-refractivity contribution is 0.0954. The van der Waals surface area contributed by atoms with Crippen LogP contribution in [0.3, 0.4) is 0 Å². The standard InChI is InChI=1S/C22H25N5O/c1-13-14(2)25-20-12-16(8-9-19(20)24-13)22(28)23-11-10-21-26-15(3)17-6-4-5-7-18(17)27-21/h8-9,12H,4-7,10-11H2,1-3H3,(H,23,28). The molecule has 0 aliphatic heterocycles. The van der Waals surface area contributed by atoms with Gasteiger partial charge in [0, 0.05) is 29.9 Å². The van der Waals surface area contributed by atoms with Crippen LogP contribution < -0.4 is 5.32 Å². The number of carbonyl (C=O) groups excluding carboxylic acids is 1. The molecule has 1 N–H and O–H groups in total. The lowest BCUT2D eigenvalue weighted by atomic mass is 9.95. The van der Waals surface area contributed by atoms with Crippen LogP contribution in [0.5, 0.6) is 0 Å². The van der Waals surface area contributed by atoms with E-state index in [2.05, 4.69) is 27.2 Å². The molecule has 0 atom stereocenters. The summed E-state index contributed by atoms with van der Waals surface area (Å²) in [6, 6.07) is 5.43. The summed E-state index contributed by atoms with van der Waals surface area (Å²) in [6.45, 7) is 6.43. The number of fused-ring (bicyclic) bond motifs is 2. The Balaban J connectivity index is 1.43. The molecule has 1 amide bonds. The third-order valence-corrected chi connectivity index (χ3v) is 5.41. The van der Waals surface area contributed by atoms with E-state index in [4.69, 9.17) is 4.98 Å². The number of aryl methyl sites for hydroxylation is 4. The number of aromatic nitrogens is 4. The minimum absolute atomic E-state index is 0.114. The molecule has 1 aromatic carbocycles. The Labute approximate surface area is 164 Å². The van der Waals surface area contributed by atoms with Gasteiger partial charge >= 0.3 is 0 Å². The van der Waals surface area contributed by atoms with E-state index < -0.39 is 0 Å². The van der Waals surface area contributed by atoms with E-state index in [1.165, 1.54) is 24.1 Å². The van der Waals surface area contributed by atoms with Crippen LogP contribution in [0.25, 0.3) is 11.0 Å². The maximum absolute atomic E-state index is 12.5. The third kappa shape index (κ3) is 3.72. The average molecular weight is 375 g/mol. The van der Waals surface area contributed by atoms with Gasteiger partial charge in [0.2, 0.25) is 0 Å². The Morgan fingerprint density at radius 1 is 0.929 bits per heavy atom. The van der Waals surface area contributed by atoms with Gasteiger partial charge < -0.3 is 5.32 Å². The lowest BCUT2D eigenvalue weighted by Gasteiger charge is -2.17. The van der Waals surface area contributed by atoms with E-state index in [9.17, 15) is 4.79 Å². The molecule has 0 fully saturated rings. The summed E-state index contributed by atoms with van der Waals surface area (Å²) in [6.07, 6.45) is 5.17. The average Bonchev–Trinajstić information content (AvgIpc) is 2.68. The van der Waals surface area contributed by atoms with Crippen molar-refractivity contribution in [2.75, 3.05) is 6.54 Å². The lowest BCUT2D eigenvalue weighted by Crippen LogP contribution is -2.26. The zero-order valence-corrected chi connectivity index (χ0v) is 16.7. The molecule has 6 heteroatoms. The second-order valence-corrected chi connectivity index (χ2v) is 7.46. The first kappa shape index (κ1) is 18.5. The number of nitrogens with zero attached hydrogens (tertiary/aromatic N) is 4. The predicted molar refractivity (Wildman–Crippen MR) is 108 cm³/mol. The largest absolute Gasteiger partial charge is 0.352 e. The second kappa shape index (κ2) is 7.62. The molecule has 0 saturated heterocycles. The van der Waals surface area contributed by atoms with E-state index in [1.54, 1.807) is 12.1 Å². The third-order valence-electron chi connectivity index (χ3n) is 5.41. The van der Waals surface area contributed by atoms with Crippen molar-refractivity contribution in [3.05, 3.63) is 57.9 Å². The van der Waals surface area contributed by atoms with E-state index in [-0.39, 0.29) is 5.91 Å². The normalized spacial score (nSPS) is 13.4. The Morgan fingerprint density at radius 2 is 1.68 bits per heavy atom. The van der Waals surface area contributed by atoms with E-state index in [1.807, 2.05) is 19.9 Å². The summed E-state index contributed by atoms with van der Waals surface area (Å²) >= 11 is 0. The molecule has 1 aliphatic rings. The van der Waals surface area contributed by atoms with Gasteiger partial charge in [-0.1, -0.05) is 0 Å². The molecule has 0 spiro atoms. The predicted octanol–water partition coefficient (Wildman–Crippen LogP) is 3.20. The fraction of sp³-hybridized carbons (Fsp3) is 0.409. The molecule has 2 heterocycles. The first-order valence-electron chi connectivity index (χ1n) is 9.90. The van der Waals surface area contributed by atoms with Crippen molar-refractivity contribution in [3.63, 3.8) is 0 Å². The number of benzene rings is 1. The van der Waals surface area contributed by atoms with E-state index in [0.717, 1.165) is 46.8 Å². The van der Waals surface area contributed by atoms with Gasteiger partial charge in [0.1, 0.15) is 5.82 Å². The first-order valence-corrected chi connectivity index (χ1v) is 9.90. The zero-order valence-electron chi connectivity index (χ0n) is 16.7. The highest BCUT2D eigenvalue weighted by Gasteiger charge is 2.15. The Bertz CT molecular complexity index is 1060. The molecule has 0 saturated carbocycles. The minimum Gasteiger partial charge on any atom is -0.352 e. The van der Waals surface area contributed by atoms with E-state index in [0.29, 0.717) is 18.5 Å². The van der Waals surface area contributed by atoms with Gasteiger partial charge in [-0.15, -0.1) is 0 Å². The van der Waals surface area contributed by atoms with Crippen LogP contribution in [0.4, 0.5) is 0 Å². The van der Waals surface area contributed by atoms with Crippen molar-refractivity contribution in [2.24, 2.45) is 0 Å². The van der Waals surface area contributed by atoms with Crippen molar-refractivity contribution >= 4 is 16.9 Å². The summed E-state index contributed by atoms with van der Waals surface area (Å²) in [5.74, 6) is 0.700. The monoisotopic (exact) mass is 375 g/mol. The second-order valence-electron chi connectivity index (χ2n) is 7.46. The van der Waals surface area contributed by atoms with Gasteiger partial charge in [-0.2, -0.15) is 0 Å². The number of hydrogen-bond acceptors (Lipinski definition) is 5. The molecule has 3 aromatic rings. The highest BCUT2D eigenvalue weighted by molar-refractivity contribution is 5.97.